The van der Waals surface area contributed by atoms with Crippen LogP contribution in [0, 0.1) is 0 Å². The normalized spacial score (nSPS) is 11.2. The van der Waals surface area contributed by atoms with Gasteiger partial charge in [0.1, 0.15) is 0 Å². The molecule has 0 aromatic rings. The molecular formula is C16H29O2-. The summed E-state index contributed by atoms with van der Waals surface area (Å²) in [6, 6.07) is 0. The highest BCUT2D eigenvalue weighted by Gasteiger charge is 1.91. The lowest BCUT2D eigenvalue weighted by atomic mass is 10.1. The van der Waals surface area contributed by atoms with E-state index in [1.54, 1.807) is 0 Å². The minimum atomic E-state index is -0.916. The Morgan fingerprint density at radius 2 is 1.33 bits per heavy atom. The van der Waals surface area contributed by atoms with Crippen LogP contribution in [-0.4, -0.2) is 5.97 Å². The van der Waals surface area contributed by atoms with Gasteiger partial charge in [-0.15, -0.1) is 0 Å². The molecule has 0 radical (unpaired) electrons. The third kappa shape index (κ3) is 15.2. The van der Waals surface area contributed by atoms with Gasteiger partial charge in [0, 0.05) is 5.97 Å². The van der Waals surface area contributed by atoms with Crippen LogP contribution in [0.25, 0.3) is 0 Å². The van der Waals surface area contributed by atoms with Crippen LogP contribution in [0.4, 0.5) is 0 Å². The predicted octanol–water partition coefficient (Wildman–Crippen LogP) is 3.99. The number of unbranched alkanes of at least 4 members (excludes halogenated alkanes) is 9. The first-order valence-corrected chi connectivity index (χ1v) is 7.62. The molecule has 0 aliphatic carbocycles. The maximum absolute atomic E-state index is 10.2. The van der Waals surface area contributed by atoms with E-state index in [1.807, 2.05) is 0 Å². The van der Waals surface area contributed by atoms with Crippen molar-refractivity contribution in [1.82, 2.24) is 0 Å². The van der Waals surface area contributed by atoms with Gasteiger partial charge in [0.25, 0.3) is 0 Å². The minimum absolute atomic E-state index is 0.220. The maximum Gasteiger partial charge on any atom is 0.0414 e. The lowest BCUT2D eigenvalue weighted by molar-refractivity contribution is -0.305. The van der Waals surface area contributed by atoms with Gasteiger partial charge in [-0.05, 0) is 38.5 Å². The van der Waals surface area contributed by atoms with Gasteiger partial charge in [0.2, 0.25) is 0 Å². The predicted molar refractivity (Wildman–Crippen MR) is 75.2 cm³/mol. The molecule has 0 bridgehead atoms. The Morgan fingerprint density at radius 1 is 0.833 bits per heavy atom. The first-order chi connectivity index (χ1) is 8.77. The number of allylic oxidation sites excluding steroid dienone is 2. The highest BCUT2D eigenvalue weighted by atomic mass is 16.4. The fourth-order valence-electron chi connectivity index (χ4n) is 1.99. The molecule has 2 heteroatoms. The molecule has 0 amide bonds. The molecule has 0 aliphatic heterocycles. The molecule has 0 saturated carbocycles. The Bertz CT molecular complexity index is 209. The summed E-state index contributed by atoms with van der Waals surface area (Å²) in [5.41, 5.74) is 0. The van der Waals surface area contributed by atoms with Crippen LogP contribution in [-0.2, 0) is 4.79 Å². The molecule has 0 unspecified atom stereocenters. The second kappa shape index (κ2) is 14.3. The van der Waals surface area contributed by atoms with Crippen LogP contribution < -0.4 is 5.11 Å². The third-order valence-corrected chi connectivity index (χ3v) is 3.14. The molecule has 106 valence electrons. The Kier molecular flexibility index (Phi) is 13.6. The molecule has 0 heterocycles. The van der Waals surface area contributed by atoms with Crippen molar-refractivity contribution in [3.8, 4) is 0 Å². The molecule has 0 aliphatic rings. The number of rotatable bonds is 13. The second-order valence-corrected chi connectivity index (χ2v) is 5.00. The summed E-state index contributed by atoms with van der Waals surface area (Å²) in [4.78, 5) is 10.2. The number of aliphatic carboxylic acids is 1. The Morgan fingerprint density at radius 3 is 1.89 bits per heavy atom. The lowest BCUT2D eigenvalue weighted by Crippen LogP contribution is -2.21. The minimum Gasteiger partial charge on any atom is -0.550 e. The summed E-state index contributed by atoms with van der Waals surface area (Å²) < 4.78 is 0. The van der Waals surface area contributed by atoms with Gasteiger partial charge >= 0.3 is 0 Å². The lowest BCUT2D eigenvalue weighted by Gasteiger charge is -2.01. The van der Waals surface area contributed by atoms with E-state index in [2.05, 4.69) is 19.1 Å². The first kappa shape index (κ1) is 17.2. The number of hydrogen-bond donors (Lipinski definition) is 0. The quantitative estimate of drug-likeness (QED) is 0.368. The molecule has 2 nitrogen and oxygen atoms in total. The van der Waals surface area contributed by atoms with Gasteiger partial charge in [-0.3, -0.25) is 0 Å². The van der Waals surface area contributed by atoms with Crippen LogP contribution in [0.1, 0.15) is 84.0 Å². The number of hydrogen-bond acceptors (Lipinski definition) is 2. The average molecular weight is 253 g/mol. The van der Waals surface area contributed by atoms with Crippen molar-refractivity contribution >= 4 is 5.97 Å². The van der Waals surface area contributed by atoms with Gasteiger partial charge in [0.15, 0.2) is 0 Å². The third-order valence-electron chi connectivity index (χ3n) is 3.14. The summed E-state index contributed by atoms with van der Waals surface area (Å²) in [6.07, 6.45) is 18.0. The van der Waals surface area contributed by atoms with Crippen molar-refractivity contribution in [3.63, 3.8) is 0 Å². The molecule has 0 fully saturated rings. The molecule has 0 aromatic carbocycles. The summed E-state index contributed by atoms with van der Waals surface area (Å²) in [7, 11) is 0. The molecule has 0 N–H and O–H groups in total. The monoisotopic (exact) mass is 253 g/mol. The molecule has 0 aromatic heterocycles. The van der Waals surface area contributed by atoms with E-state index in [-0.39, 0.29) is 6.42 Å². The van der Waals surface area contributed by atoms with E-state index in [4.69, 9.17) is 0 Å². The summed E-state index contributed by atoms with van der Waals surface area (Å²) in [6.45, 7) is 2.24. The molecule has 18 heavy (non-hydrogen) atoms. The van der Waals surface area contributed by atoms with Gasteiger partial charge < -0.3 is 9.90 Å². The Labute approximate surface area is 112 Å². The van der Waals surface area contributed by atoms with Crippen LogP contribution >= 0.6 is 0 Å². The Balaban J connectivity index is 3.06. The van der Waals surface area contributed by atoms with Gasteiger partial charge in [0.05, 0.1) is 0 Å². The van der Waals surface area contributed by atoms with Gasteiger partial charge in [-0.1, -0.05) is 57.6 Å². The number of carboxylic acid groups (broad SMARTS) is 1. The Hall–Kier alpha value is -0.790. The molecule has 0 rings (SSSR count). The summed E-state index contributed by atoms with van der Waals surface area (Å²) >= 11 is 0. The highest BCUT2D eigenvalue weighted by molar-refractivity contribution is 5.63. The van der Waals surface area contributed by atoms with Crippen molar-refractivity contribution in [1.29, 1.82) is 0 Å². The van der Waals surface area contributed by atoms with Crippen LogP contribution in [0.3, 0.4) is 0 Å². The zero-order valence-corrected chi connectivity index (χ0v) is 12.0. The van der Waals surface area contributed by atoms with Crippen LogP contribution in [0.2, 0.25) is 0 Å². The van der Waals surface area contributed by atoms with Gasteiger partial charge in [-0.25, -0.2) is 0 Å². The largest absolute Gasteiger partial charge is 0.550 e. The van der Waals surface area contributed by atoms with Crippen molar-refractivity contribution in [2.24, 2.45) is 0 Å². The molecule has 0 saturated heterocycles. The molecule has 0 atom stereocenters. The maximum atomic E-state index is 10.2. The summed E-state index contributed by atoms with van der Waals surface area (Å²) in [5.74, 6) is -0.916. The standard InChI is InChI=1S/C16H30O2/c1-2-3-4-5-6-7-8-9-10-11-12-13-14-15-16(17)18/h7-8H,2-6,9-15H2,1H3,(H,17,18)/p-1. The first-order valence-electron chi connectivity index (χ1n) is 7.62. The van der Waals surface area contributed by atoms with Crippen molar-refractivity contribution in [3.05, 3.63) is 12.2 Å². The van der Waals surface area contributed by atoms with Crippen LogP contribution in [0.5, 0.6) is 0 Å². The SMILES string of the molecule is CCCCCCC=CCCCCCCCC(=O)[O-]. The van der Waals surface area contributed by atoms with E-state index < -0.39 is 5.97 Å². The van der Waals surface area contributed by atoms with Crippen LogP contribution in [0.15, 0.2) is 12.2 Å². The number of carbonyl (C=O) groups is 1. The van der Waals surface area contributed by atoms with Gasteiger partial charge in [-0.2, -0.15) is 0 Å². The van der Waals surface area contributed by atoms with E-state index in [1.165, 1.54) is 51.4 Å². The number of carbonyl (C=O) groups excluding carboxylic acids is 1. The molecular weight excluding hydrogens is 224 g/mol. The van der Waals surface area contributed by atoms with Crippen molar-refractivity contribution in [2.75, 3.05) is 0 Å². The van der Waals surface area contributed by atoms with Crippen molar-refractivity contribution in [2.45, 2.75) is 84.0 Å². The summed E-state index contributed by atoms with van der Waals surface area (Å²) in [5, 5.41) is 10.2. The van der Waals surface area contributed by atoms with E-state index in [9.17, 15) is 9.90 Å². The van der Waals surface area contributed by atoms with E-state index >= 15 is 0 Å². The smallest absolute Gasteiger partial charge is 0.0414 e. The highest BCUT2D eigenvalue weighted by Crippen LogP contribution is 2.08. The fourth-order valence-corrected chi connectivity index (χ4v) is 1.99. The zero-order chi connectivity index (χ0) is 13.5. The van der Waals surface area contributed by atoms with Crippen molar-refractivity contribution < 1.29 is 9.90 Å². The topological polar surface area (TPSA) is 40.1 Å². The second-order valence-electron chi connectivity index (χ2n) is 5.00. The number of carboxylic acids is 1. The van der Waals surface area contributed by atoms with E-state index in [0.717, 1.165) is 19.3 Å². The average Bonchev–Trinajstić information content (AvgIpc) is 2.34. The zero-order valence-electron chi connectivity index (χ0n) is 12.0. The molecule has 0 spiro atoms. The van der Waals surface area contributed by atoms with E-state index in [0.29, 0.717) is 0 Å². The fraction of sp³-hybridized carbons (Fsp3) is 0.812.